The van der Waals surface area contributed by atoms with E-state index in [2.05, 4.69) is 24.4 Å². The van der Waals surface area contributed by atoms with Crippen LogP contribution in [0.4, 0.5) is 0 Å². The zero-order chi connectivity index (χ0) is 18.2. The van der Waals surface area contributed by atoms with E-state index < -0.39 is 12.0 Å². The highest BCUT2D eigenvalue weighted by atomic mass is 16.5. The average Bonchev–Trinajstić information content (AvgIpc) is 2.51. The molecule has 1 aromatic carbocycles. The van der Waals surface area contributed by atoms with Gasteiger partial charge < -0.3 is 15.2 Å². The molecule has 1 rings (SSSR count). The summed E-state index contributed by atoms with van der Waals surface area (Å²) >= 11 is 0. The lowest BCUT2D eigenvalue weighted by atomic mass is 10.1. The van der Waals surface area contributed by atoms with Gasteiger partial charge in [-0.1, -0.05) is 31.2 Å². The zero-order valence-corrected chi connectivity index (χ0v) is 15.1. The Balaban J connectivity index is 2.42. The number of carboxylic acid groups (broad SMARTS) is 1. The van der Waals surface area contributed by atoms with E-state index in [-0.39, 0.29) is 24.3 Å². The van der Waals surface area contributed by atoms with Gasteiger partial charge in [-0.3, -0.25) is 4.79 Å². The molecule has 1 aromatic rings. The average molecular weight is 335 g/mol. The first-order chi connectivity index (χ1) is 11.2. The third kappa shape index (κ3) is 8.11. The van der Waals surface area contributed by atoms with E-state index >= 15 is 0 Å². The van der Waals surface area contributed by atoms with Gasteiger partial charge in [0, 0.05) is 19.4 Å². The Hall–Kier alpha value is -1.88. The molecule has 0 aliphatic rings. The maximum absolute atomic E-state index is 12.0. The summed E-state index contributed by atoms with van der Waals surface area (Å²) in [4.78, 5) is 23.3. The third-order valence-corrected chi connectivity index (χ3v) is 3.65. The van der Waals surface area contributed by atoms with Crippen LogP contribution in [0, 0.1) is 0 Å². The molecule has 0 heterocycles. The summed E-state index contributed by atoms with van der Waals surface area (Å²) in [6, 6.07) is 7.21. The van der Waals surface area contributed by atoms with Crippen molar-refractivity contribution < 1.29 is 19.4 Å². The quantitative estimate of drug-likeness (QED) is 0.727. The Bertz CT molecular complexity index is 531. The van der Waals surface area contributed by atoms with Crippen LogP contribution in [0.25, 0.3) is 0 Å². The number of hydrogen-bond donors (Lipinski definition) is 2. The normalized spacial score (nSPS) is 12.7. The fourth-order valence-corrected chi connectivity index (χ4v) is 2.21. The topological polar surface area (TPSA) is 75.6 Å². The number of aryl methyl sites for hydroxylation is 2. The van der Waals surface area contributed by atoms with Crippen LogP contribution in [0.15, 0.2) is 24.3 Å². The van der Waals surface area contributed by atoms with E-state index in [9.17, 15) is 14.7 Å². The van der Waals surface area contributed by atoms with E-state index in [0.29, 0.717) is 13.0 Å². The van der Waals surface area contributed by atoms with Crippen molar-refractivity contribution in [3.63, 3.8) is 0 Å². The number of amides is 1. The van der Waals surface area contributed by atoms with E-state index in [1.807, 2.05) is 32.9 Å². The molecule has 2 N–H and O–H groups in total. The molecular weight excluding hydrogens is 306 g/mol. The molecule has 0 bridgehead atoms. The summed E-state index contributed by atoms with van der Waals surface area (Å²) in [6.07, 6.45) is 2.11. The number of rotatable bonds is 9. The third-order valence-electron chi connectivity index (χ3n) is 3.65. The predicted octanol–water partition coefficient (Wildman–Crippen LogP) is 2.96. The van der Waals surface area contributed by atoms with E-state index in [0.717, 1.165) is 12.0 Å². The second-order valence-electron chi connectivity index (χ2n) is 6.88. The number of carbonyl (C=O) groups is 2. The van der Waals surface area contributed by atoms with Gasteiger partial charge in [-0.05, 0) is 44.7 Å². The van der Waals surface area contributed by atoms with Crippen LogP contribution in [0.2, 0.25) is 0 Å². The van der Waals surface area contributed by atoms with Gasteiger partial charge in [-0.2, -0.15) is 0 Å². The van der Waals surface area contributed by atoms with Crippen molar-refractivity contribution >= 4 is 11.9 Å². The van der Waals surface area contributed by atoms with Gasteiger partial charge in [0.2, 0.25) is 5.91 Å². The highest BCUT2D eigenvalue weighted by Crippen LogP contribution is 2.09. The number of nitrogens with one attached hydrogen (secondary N) is 1. The maximum Gasteiger partial charge on any atom is 0.326 e. The lowest BCUT2D eigenvalue weighted by molar-refractivity contribution is -0.142. The molecule has 5 heteroatoms. The fourth-order valence-electron chi connectivity index (χ4n) is 2.21. The number of benzene rings is 1. The smallest absolute Gasteiger partial charge is 0.326 e. The minimum absolute atomic E-state index is 0.252. The van der Waals surface area contributed by atoms with Gasteiger partial charge in [0.15, 0.2) is 0 Å². The Morgan fingerprint density at radius 1 is 1.17 bits per heavy atom. The highest BCUT2D eigenvalue weighted by Gasteiger charge is 2.21. The maximum atomic E-state index is 12.0. The van der Waals surface area contributed by atoms with Crippen molar-refractivity contribution in [1.29, 1.82) is 0 Å². The van der Waals surface area contributed by atoms with E-state index in [1.165, 1.54) is 5.56 Å². The van der Waals surface area contributed by atoms with Crippen LogP contribution in [-0.2, 0) is 27.2 Å². The predicted molar refractivity (Wildman–Crippen MR) is 94.0 cm³/mol. The number of carboxylic acids is 1. The van der Waals surface area contributed by atoms with Crippen molar-refractivity contribution in [2.45, 2.75) is 65.0 Å². The summed E-state index contributed by atoms with van der Waals surface area (Å²) < 4.78 is 5.53. The van der Waals surface area contributed by atoms with Crippen LogP contribution < -0.4 is 5.32 Å². The fraction of sp³-hybridized carbons (Fsp3) is 0.579. The van der Waals surface area contributed by atoms with Gasteiger partial charge in [0.25, 0.3) is 0 Å². The first kappa shape index (κ1) is 20.2. The van der Waals surface area contributed by atoms with Gasteiger partial charge in [-0.25, -0.2) is 4.79 Å². The highest BCUT2D eigenvalue weighted by molar-refractivity contribution is 5.83. The lowest BCUT2D eigenvalue weighted by Gasteiger charge is -2.21. The molecule has 1 atom stereocenters. The molecule has 0 aliphatic heterocycles. The Morgan fingerprint density at radius 2 is 1.75 bits per heavy atom. The number of hydrogen-bond acceptors (Lipinski definition) is 3. The molecule has 24 heavy (non-hydrogen) atoms. The van der Waals surface area contributed by atoms with Gasteiger partial charge in [0.1, 0.15) is 6.04 Å². The van der Waals surface area contributed by atoms with Gasteiger partial charge >= 0.3 is 5.97 Å². The first-order valence-corrected chi connectivity index (χ1v) is 8.45. The van der Waals surface area contributed by atoms with E-state index in [1.54, 1.807) is 0 Å². The van der Waals surface area contributed by atoms with Crippen molar-refractivity contribution in [3.05, 3.63) is 35.4 Å². The molecule has 0 fully saturated rings. The second-order valence-corrected chi connectivity index (χ2v) is 6.88. The van der Waals surface area contributed by atoms with E-state index in [4.69, 9.17) is 4.74 Å². The number of ether oxygens (including phenoxy) is 1. The summed E-state index contributed by atoms with van der Waals surface area (Å²) in [5, 5.41) is 11.8. The Labute approximate surface area is 144 Å². The molecule has 0 radical (unpaired) electrons. The summed E-state index contributed by atoms with van der Waals surface area (Å²) in [5.74, 6) is -1.29. The van der Waals surface area contributed by atoms with Crippen LogP contribution in [-0.4, -0.2) is 35.2 Å². The van der Waals surface area contributed by atoms with Crippen molar-refractivity contribution in [2.24, 2.45) is 0 Å². The Kier molecular flexibility index (Phi) is 7.92. The minimum Gasteiger partial charge on any atom is -0.480 e. The second kappa shape index (κ2) is 9.42. The molecular formula is C19H29NO4. The monoisotopic (exact) mass is 335 g/mol. The SMILES string of the molecule is CCc1ccc(CCC(=O)NC(CCOC(C)(C)C)C(=O)O)cc1. The van der Waals surface area contributed by atoms with Crippen molar-refractivity contribution in [3.8, 4) is 0 Å². The van der Waals surface area contributed by atoms with Crippen LogP contribution >= 0.6 is 0 Å². The first-order valence-electron chi connectivity index (χ1n) is 8.45. The van der Waals surface area contributed by atoms with Crippen LogP contribution in [0.3, 0.4) is 0 Å². The summed E-state index contributed by atoms with van der Waals surface area (Å²) in [6.45, 7) is 8.11. The molecule has 1 amide bonds. The Morgan fingerprint density at radius 3 is 2.25 bits per heavy atom. The van der Waals surface area contributed by atoms with Crippen molar-refractivity contribution in [2.75, 3.05) is 6.61 Å². The largest absolute Gasteiger partial charge is 0.480 e. The standard InChI is InChI=1S/C19H29NO4/c1-5-14-6-8-15(9-7-14)10-11-17(21)20-16(18(22)23)12-13-24-19(2,3)4/h6-9,16H,5,10-13H2,1-4H3,(H,20,21)(H,22,23). The summed E-state index contributed by atoms with van der Waals surface area (Å²) in [5.41, 5.74) is 2.01. The molecule has 0 aromatic heterocycles. The number of aliphatic carboxylic acids is 1. The molecule has 5 nitrogen and oxygen atoms in total. The molecule has 134 valence electrons. The molecule has 0 aliphatic carbocycles. The summed E-state index contributed by atoms with van der Waals surface area (Å²) in [7, 11) is 0. The number of carbonyl (C=O) groups excluding carboxylic acids is 1. The molecule has 0 saturated heterocycles. The zero-order valence-electron chi connectivity index (χ0n) is 15.1. The lowest BCUT2D eigenvalue weighted by Crippen LogP contribution is -2.42. The minimum atomic E-state index is -1.03. The van der Waals surface area contributed by atoms with Crippen LogP contribution in [0.1, 0.15) is 51.7 Å². The molecule has 0 saturated carbocycles. The molecule has 0 spiro atoms. The molecule has 1 unspecified atom stereocenters. The van der Waals surface area contributed by atoms with Crippen LogP contribution in [0.5, 0.6) is 0 Å². The van der Waals surface area contributed by atoms with Crippen molar-refractivity contribution in [1.82, 2.24) is 5.32 Å². The van der Waals surface area contributed by atoms with Gasteiger partial charge in [-0.15, -0.1) is 0 Å². The van der Waals surface area contributed by atoms with Gasteiger partial charge in [0.05, 0.1) is 5.60 Å².